The van der Waals surface area contributed by atoms with Crippen LogP contribution in [0.25, 0.3) is 20.8 Å². The number of fused-ring (bicyclic) bond motifs is 1. The van der Waals surface area contributed by atoms with E-state index in [1.807, 2.05) is 24.3 Å². The summed E-state index contributed by atoms with van der Waals surface area (Å²) in [7, 11) is 0. The first-order valence-corrected chi connectivity index (χ1v) is 6.55. The topological polar surface area (TPSA) is 12.9 Å². The van der Waals surface area contributed by atoms with Crippen LogP contribution in [0.5, 0.6) is 0 Å². The highest BCUT2D eigenvalue weighted by Gasteiger charge is 2.07. The van der Waals surface area contributed by atoms with Gasteiger partial charge in [-0.05, 0) is 30.7 Å². The lowest BCUT2D eigenvalue weighted by Crippen LogP contribution is -1.77. The van der Waals surface area contributed by atoms with Gasteiger partial charge in [0, 0.05) is 10.6 Å². The van der Waals surface area contributed by atoms with Crippen molar-refractivity contribution in [3.63, 3.8) is 0 Å². The Bertz CT molecular complexity index is 688. The van der Waals surface area contributed by atoms with Crippen molar-refractivity contribution in [2.24, 2.45) is 0 Å². The first kappa shape index (κ1) is 10.8. The van der Waals surface area contributed by atoms with Gasteiger partial charge in [0.1, 0.15) is 5.01 Å². The first-order chi connectivity index (χ1) is 8.24. The van der Waals surface area contributed by atoms with E-state index in [1.54, 1.807) is 11.3 Å². The van der Waals surface area contributed by atoms with Crippen LogP contribution < -0.4 is 0 Å². The fraction of sp³-hybridized carbons (Fsp3) is 0.0714. The Morgan fingerprint density at radius 1 is 1.12 bits per heavy atom. The van der Waals surface area contributed by atoms with Gasteiger partial charge in [0.05, 0.1) is 10.2 Å². The van der Waals surface area contributed by atoms with E-state index in [0.717, 1.165) is 21.1 Å². The van der Waals surface area contributed by atoms with E-state index in [2.05, 4.69) is 30.1 Å². The molecule has 1 heterocycles. The number of halogens is 1. The molecule has 0 atom stereocenters. The Labute approximate surface area is 109 Å². The van der Waals surface area contributed by atoms with Crippen molar-refractivity contribution in [2.45, 2.75) is 6.92 Å². The number of benzene rings is 2. The standard InChI is InChI=1S/C14H10ClNS/c1-9-4-2-7-12-13(9)16-14(17-12)10-5-3-6-11(15)8-10/h2-8H,1H3. The van der Waals surface area contributed by atoms with Gasteiger partial charge in [0.25, 0.3) is 0 Å². The Balaban J connectivity index is 2.22. The maximum absolute atomic E-state index is 6.00. The van der Waals surface area contributed by atoms with E-state index in [4.69, 9.17) is 11.6 Å². The second-order valence-corrected chi connectivity index (χ2v) is 5.42. The van der Waals surface area contributed by atoms with Crippen molar-refractivity contribution in [1.29, 1.82) is 0 Å². The number of thiazole rings is 1. The van der Waals surface area contributed by atoms with Crippen molar-refractivity contribution in [3.8, 4) is 10.6 Å². The van der Waals surface area contributed by atoms with Crippen LogP contribution in [-0.2, 0) is 0 Å². The molecule has 0 N–H and O–H groups in total. The van der Waals surface area contributed by atoms with Crippen molar-refractivity contribution >= 4 is 33.2 Å². The molecule has 1 aromatic heterocycles. The van der Waals surface area contributed by atoms with Gasteiger partial charge in [-0.2, -0.15) is 0 Å². The third-order valence-electron chi connectivity index (χ3n) is 2.69. The quantitative estimate of drug-likeness (QED) is 0.604. The van der Waals surface area contributed by atoms with Crippen LogP contribution in [0.15, 0.2) is 42.5 Å². The largest absolute Gasteiger partial charge is 0.236 e. The third-order valence-corrected chi connectivity index (χ3v) is 4.00. The number of aromatic nitrogens is 1. The summed E-state index contributed by atoms with van der Waals surface area (Å²) in [5.74, 6) is 0. The lowest BCUT2D eigenvalue weighted by molar-refractivity contribution is 1.42. The predicted molar refractivity (Wildman–Crippen MR) is 74.8 cm³/mol. The van der Waals surface area contributed by atoms with Gasteiger partial charge < -0.3 is 0 Å². The van der Waals surface area contributed by atoms with E-state index in [0.29, 0.717) is 0 Å². The average molecular weight is 260 g/mol. The molecule has 17 heavy (non-hydrogen) atoms. The van der Waals surface area contributed by atoms with Gasteiger partial charge in [-0.3, -0.25) is 0 Å². The van der Waals surface area contributed by atoms with E-state index in [-0.39, 0.29) is 0 Å². The molecule has 3 heteroatoms. The molecule has 0 aliphatic carbocycles. The summed E-state index contributed by atoms with van der Waals surface area (Å²) in [6.45, 7) is 2.09. The summed E-state index contributed by atoms with van der Waals surface area (Å²) in [6, 6.07) is 14.1. The van der Waals surface area contributed by atoms with Crippen LogP contribution in [0.1, 0.15) is 5.56 Å². The number of nitrogens with zero attached hydrogens (tertiary/aromatic N) is 1. The molecule has 0 bridgehead atoms. The number of hydrogen-bond donors (Lipinski definition) is 0. The van der Waals surface area contributed by atoms with Crippen molar-refractivity contribution in [1.82, 2.24) is 4.98 Å². The van der Waals surface area contributed by atoms with Gasteiger partial charge in [0.2, 0.25) is 0 Å². The molecule has 3 aromatic rings. The number of hydrogen-bond acceptors (Lipinski definition) is 2. The van der Waals surface area contributed by atoms with Gasteiger partial charge >= 0.3 is 0 Å². The lowest BCUT2D eigenvalue weighted by atomic mass is 10.2. The van der Waals surface area contributed by atoms with Crippen molar-refractivity contribution < 1.29 is 0 Å². The molecule has 0 unspecified atom stereocenters. The summed E-state index contributed by atoms with van der Waals surface area (Å²) in [6.07, 6.45) is 0. The first-order valence-electron chi connectivity index (χ1n) is 5.36. The molecule has 84 valence electrons. The zero-order valence-corrected chi connectivity index (χ0v) is 10.8. The molecule has 0 saturated carbocycles. The molecule has 1 nitrogen and oxygen atoms in total. The van der Waals surface area contributed by atoms with Crippen LogP contribution in [0.3, 0.4) is 0 Å². The van der Waals surface area contributed by atoms with Crippen LogP contribution >= 0.6 is 22.9 Å². The zero-order chi connectivity index (χ0) is 11.8. The Morgan fingerprint density at radius 2 is 1.94 bits per heavy atom. The van der Waals surface area contributed by atoms with E-state index in [1.165, 1.54) is 10.3 Å². The van der Waals surface area contributed by atoms with Crippen LogP contribution in [0, 0.1) is 6.92 Å². The minimum atomic E-state index is 0.749. The van der Waals surface area contributed by atoms with Crippen LogP contribution in [-0.4, -0.2) is 4.98 Å². The predicted octanol–water partition coefficient (Wildman–Crippen LogP) is 4.93. The maximum Gasteiger partial charge on any atom is 0.124 e. The van der Waals surface area contributed by atoms with Crippen LogP contribution in [0.4, 0.5) is 0 Å². The highest BCUT2D eigenvalue weighted by atomic mass is 35.5. The monoisotopic (exact) mass is 259 g/mol. The maximum atomic E-state index is 6.00. The summed E-state index contributed by atoms with van der Waals surface area (Å²) in [5, 5.41) is 1.77. The van der Waals surface area contributed by atoms with Crippen LogP contribution in [0.2, 0.25) is 5.02 Å². The van der Waals surface area contributed by atoms with Crippen molar-refractivity contribution in [3.05, 3.63) is 53.1 Å². The molecule has 0 fully saturated rings. The van der Waals surface area contributed by atoms with E-state index >= 15 is 0 Å². The third kappa shape index (κ3) is 1.94. The SMILES string of the molecule is Cc1cccc2sc(-c3cccc(Cl)c3)nc12. The molecule has 2 aromatic carbocycles. The molecule has 0 spiro atoms. The average Bonchev–Trinajstić information content (AvgIpc) is 2.74. The number of para-hydroxylation sites is 1. The molecule has 3 rings (SSSR count). The zero-order valence-electron chi connectivity index (χ0n) is 9.27. The fourth-order valence-corrected chi connectivity index (χ4v) is 3.06. The molecule has 0 saturated heterocycles. The van der Waals surface area contributed by atoms with Gasteiger partial charge in [-0.15, -0.1) is 11.3 Å². The molecular formula is C14H10ClNS. The minimum absolute atomic E-state index is 0.749. The Morgan fingerprint density at radius 3 is 2.71 bits per heavy atom. The second-order valence-electron chi connectivity index (χ2n) is 3.95. The molecule has 0 aliphatic rings. The second kappa shape index (κ2) is 4.13. The number of rotatable bonds is 1. The van der Waals surface area contributed by atoms with Gasteiger partial charge in [0.15, 0.2) is 0 Å². The fourth-order valence-electron chi connectivity index (χ4n) is 1.83. The van der Waals surface area contributed by atoms with Gasteiger partial charge in [-0.1, -0.05) is 35.9 Å². The Hall–Kier alpha value is -1.38. The summed E-state index contributed by atoms with van der Waals surface area (Å²) in [5.41, 5.74) is 3.39. The van der Waals surface area contributed by atoms with Gasteiger partial charge in [-0.25, -0.2) is 4.98 Å². The Kier molecular flexibility index (Phi) is 2.61. The van der Waals surface area contributed by atoms with Crippen molar-refractivity contribution in [2.75, 3.05) is 0 Å². The summed E-state index contributed by atoms with van der Waals surface area (Å²) in [4.78, 5) is 4.68. The smallest absolute Gasteiger partial charge is 0.124 e. The minimum Gasteiger partial charge on any atom is -0.236 e. The summed E-state index contributed by atoms with van der Waals surface area (Å²) >= 11 is 7.71. The molecule has 0 radical (unpaired) electrons. The van der Waals surface area contributed by atoms with E-state index < -0.39 is 0 Å². The van der Waals surface area contributed by atoms with E-state index in [9.17, 15) is 0 Å². The highest BCUT2D eigenvalue weighted by molar-refractivity contribution is 7.21. The summed E-state index contributed by atoms with van der Waals surface area (Å²) < 4.78 is 1.22. The molecule has 0 amide bonds. The molecular weight excluding hydrogens is 250 g/mol. The normalized spacial score (nSPS) is 10.9. The lowest BCUT2D eigenvalue weighted by Gasteiger charge is -1.95. The molecule has 0 aliphatic heterocycles. The number of aryl methyl sites for hydroxylation is 1. The highest BCUT2D eigenvalue weighted by Crippen LogP contribution is 2.32.